The summed E-state index contributed by atoms with van der Waals surface area (Å²) in [4.78, 5) is 0. The fourth-order valence-electron chi connectivity index (χ4n) is 1.82. The van der Waals surface area contributed by atoms with Gasteiger partial charge < -0.3 is 5.11 Å². The Morgan fingerprint density at radius 1 is 0.900 bits per heavy atom. The summed E-state index contributed by atoms with van der Waals surface area (Å²) in [6.07, 6.45) is -4.50. The minimum Gasteiger partial charge on any atom is -0.392 e. The van der Waals surface area contributed by atoms with E-state index in [9.17, 15) is 22.0 Å². The van der Waals surface area contributed by atoms with Crippen molar-refractivity contribution in [2.75, 3.05) is 0 Å². The normalized spacial score (nSPS) is 11.7. The molecule has 6 heteroatoms. The largest absolute Gasteiger partial charge is 0.416 e. The van der Waals surface area contributed by atoms with Crippen LogP contribution in [0.15, 0.2) is 36.4 Å². The van der Waals surface area contributed by atoms with Crippen LogP contribution in [-0.4, -0.2) is 5.11 Å². The SMILES string of the molecule is OCc1cc(F)c(-c2ccc(C(F)(F)F)cc2)c(F)c1. The Hall–Kier alpha value is -1.95. The standard InChI is InChI=1S/C14H9F5O/c15-11-5-8(7-20)6-12(16)13(11)9-1-3-10(4-2-9)14(17,18)19/h1-6,20H,7H2. The molecule has 0 radical (unpaired) electrons. The molecule has 0 spiro atoms. The van der Waals surface area contributed by atoms with Crippen molar-refractivity contribution < 1.29 is 27.1 Å². The van der Waals surface area contributed by atoms with Crippen LogP contribution < -0.4 is 0 Å². The minimum absolute atomic E-state index is 0.00232. The fourth-order valence-corrected chi connectivity index (χ4v) is 1.82. The van der Waals surface area contributed by atoms with Crippen molar-refractivity contribution >= 4 is 0 Å². The molecular weight excluding hydrogens is 279 g/mol. The van der Waals surface area contributed by atoms with E-state index < -0.39 is 35.5 Å². The third-order valence-corrected chi connectivity index (χ3v) is 2.79. The molecule has 20 heavy (non-hydrogen) atoms. The molecule has 0 saturated carbocycles. The molecule has 0 heterocycles. The first kappa shape index (κ1) is 14.5. The van der Waals surface area contributed by atoms with Gasteiger partial charge in [0.15, 0.2) is 0 Å². The molecule has 0 fully saturated rings. The molecule has 0 aromatic heterocycles. The third-order valence-electron chi connectivity index (χ3n) is 2.79. The van der Waals surface area contributed by atoms with Crippen molar-refractivity contribution in [2.24, 2.45) is 0 Å². The highest BCUT2D eigenvalue weighted by molar-refractivity contribution is 5.65. The molecule has 1 N–H and O–H groups in total. The maximum Gasteiger partial charge on any atom is 0.416 e. The van der Waals surface area contributed by atoms with Gasteiger partial charge in [0.05, 0.1) is 17.7 Å². The van der Waals surface area contributed by atoms with E-state index in [4.69, 9.17) is 5.11 Å². The predicted octanol–water partition coefficient (Wildman–Crippen LogP) is 4.14. The monoisotopic (exact) mass is 288 g/mol. The van der Waals surface area contributed by atoms with Crippen molar-refractivity contribution in [1.82, 2.24) is 0 Å². The van der Waals surface area contributed by atoms with Gasteiger partial charge >= 0.3 is 6.18 Å². The first-order valence-electron chi connectivity index (χ1n) is 5.59. The summed E-state index contributed by atoms with van der Waals surface area (Å²) < 4.78 is 64.7. The van der Waals surface area contributed by atoms with Gasteiger partial charge in [-0.15, -0.1) is 0 Å². The van der Waals surface area contributed by atoms with Gasteiger partial charge in [-0.05, 0) is 35.4 Å². The number of rotatable bonds is 2. The Kier molecular flexibility index (Phi) is 3.76. The minimum atomic E-state index is -4.50. The second kappa shape index (κ2) is 5.20. The highest BCUT2D eigenvalue weighted by Crippen LogP contribution is 2.32. The highest BCUT2D eigenvalue weighted by Gasteiger charge is 2.30. The van der Waals surface area contributed by atoms with Gasteiger partial charge in [0.1, 0.15) is 11.6 Å². The van der Waals surface area contributed by atoms with Crippen LogP contribution in [0.2, 0.25) is 0 Å². The molecule has 106 valence electrons. The fraction of sp³-hybridized carbons (Fsp3) is 0.143. The summed E-state index contributed by atoms with van der Waals surface area (Å²) in [6, 6.07) is 5.40. The van der Waals surface area contributed by atoms with E-state index in [1.807, 2.05) is 0 Å². The van der Waals surface area contributed by atoms with Gasteiger partial charge in [0.2, 0.25) is 0 Å². The van der Waals surface area contributed by atoms with Crippen molar-refractivity contribution in [2.45, 2.75) is 12.8 Å². The number of benzene rings is 2. The summed E-state index contributed by atoms with van der Waals surface area (Å²) in [5.74, 6) is -1.87. The van der Waals surface area contributed by atoms with Crippen LogP contribution in [0.1, 0.15) is 11.1 Å². The van der Waals surface area contributed by atoms with E-state index in [0.717, 1.165) is 36.4 Å². The van der Waals surface area contributed by atoms with Crippen LogP contribution in [0.5, 0.6) is 0 Å². The second-order valence-corrected chi connectivity index (χ2v) is 4.17. The summed E-state index contributed by atoms with van der Waals surface area (Å²) in [5.41, 5.74) is -1.27. The van der Waals surface area contributed by atoms with E-state index in [1.165, 1.54) is 0 Å². The molecule has 1 nitrogen and oxygen atoms in total. The Bertz CT molecular complexity index is 593. The van der Waals surface area contributed by atoms with Crippen molar-refractivity contribution in [1.29, 1.82) is 0 Å². The molecule has 0 saturated heterocycles. The van der Waals surface area contributed by atoms with E-state index >= 15 is 0 Å². The van der Waals surface area contributed by atoms with Gasteiger partial charge in [0.25, 0.3) is 0 Å². The number of alkyl halides is 3. The maximum atomic E-state index is 13.7. The van der Waals surface area contributed by atoms with Crippen LogP contribution in [0.4, 0.5) is 22.0 Å². The average Bonchev–Trinajstić information content (AvgIpc) is 2.37. The smallest absolute Gasteiger partial charge is 0.392 e. The van der Waals surface area contributed by atoms with E-state index in [-0.39, 0.29) is 11.1 Å². The number of hydrogen-bond donors (Lipinski definition) is 1. The first-order chi connectivity index (χ1) is 9.32. The van der Waals surface area contributed by atoms with Crippen molar-refractivity contribution in [3.8, 4) is 11.1 Å². The van der Waals surface area contributed by atoms with Crippen LogP contribution in [-0.2, 0) is 12.8 Å². The van der Waals surface area contributed by atoms with E-state index in [2.05, 4.69) is 0 Å². The number of halogens is 5. The van der Waals surface area contributed by atoms with Gasteiger partial charge in [-0.1, -0.05) is 12.1 Å². The van der Waals surface area contributed by atoms with Gasteiger partial charge in [-0.25, -0.2) is 8.78 Å². The summed E-state index contributed by atoms with van der Waals surface area (Å²) in [6.45, 7) is -0.527. The summed E-state index contributed by atoms with van der Waals surface area (Å²) in [5, 5.41) is 8.82. The zero-order valence-electron chi connectivity index (χ0n) is 10.0. The Morgan fingerprint density at radius 2 is 1.40 bits per heavy atom. The number of aliphatic hydroxyl groups is 1. The second-order valence-electron chi connectivity index (χ2n) is 4.17. The maximum absolute atomic E-state index is 13.7. The molecular formula is C14H9F5O. The van der Waals surface area contributed by atoms with Crippen LogP contribution >= 0.6 is 0 Å². The molecule has 0 atom stereocenters. The lowest BCUT2D eigenvalue weighted by atomic mass is 10.0. The molecule has 0 amide bonds. The molecule has 0 unspecified atom stereocenters. The topological polar surface area (TPSA) is 20.2 Å². The summed E-state index contributed by atoms with van der Waals surface area (Å²) >= 11 is 0. The zero-order chi connectivity index (χ0) is 14.9. The Balaban J connectivity index is 2.47. The molecule has 2 rings (SSSR count). The lowest BCUT2D eigenvalue weighted by molar-refractivity contribution is -0.137. The molecule has 0 aliphatic carbocycles. The molecule has 2 aromatic rings. The summed E-state index contributed by atoms with van der Waals surface area (Å²) in [7, 11) is 0. The van der Waals surface area contributed by atoms with Crippen LogP contribution in [0.3, 0.4) is 0 Å². The average molecular weight is 288 g/mol. The molecule has 0 aliphatic rings. The Morgan fingerprint density at radius 3 is 1.80 bits per heavy atom. The number of aliphatic hydroxyl groups excluding tert-OH is 1. The molecule has 0 bridgehead atoms. The van der Waals surface area contributed by atoms with E-state index in [0.29, 0.717) is 0 Å². The molecule has 2 aromatic carbocycles. The lowest BCUT2D eigenvalue weighted by Crippen LogP contribution is -2.04. The predicted molar refractivity (Wildman–Crippen MR) is 62.7 cm³/mol. The third kappa shape index (κ3) is 2.80. The van der Waals surface area contributed by atoms with Gasteiger partial charge in [-0.3, -0.25) is 0 Å². The lowest BCUT2D eigenvalue weighted by Gasteiger charge is -2.10. The van der Waals surface area contributed by atoms with Crippen molar-refractivity contribution in [3.05, 3.63) is 59.2 Å². The first-order valence-corrected chi connectivity index (χ1v) is 5.59. The highest BCUT2D eigenvalue weighted by atomic mass is 19.4. The molecule has 0 aliphatic heterocycles. The van der Waals surface area contributed by atoms with Crippen LogP contribution in [0.25, 0.3) is 11.1 Å². The van der Waals surface area contributed by atoms with Crippen molar-refractivity contribution in [3.63, 3.8) is 0 Å². The Labute approximate surface area is 111 Å². The number of hydrogen-bond acceptors (Lipinski definition) is 1. The zero-order valence-corrected chi connectivity index (χ0v) is 10.0. The van der Waals surface area contributed by atoms with Gasteiger partial charge in [-0.2, -0.15) is 13.2 Å². The quantitative estimate of drug-likeness (QED) is 0.823. The van der Waals surface area contributed by atoms with Crippen LogP contribution in [0, 0.1) is 11.6 Å². The van der Waals surface area contributed by atoms with Gasteiger partial charge in [0, 0.05) is 0 Å². The van der Waals surface area contributed by atoms with E-state index in [1.54, 1.807) is 0 Å².